The maximum atomic E-state index is 13.7. The molecule has 1 aliphatic carbocycles. The molecule has 1 fully saturated rings. The van der Waals surface area contributed by atoms with Gasteiger partial charge in [0, 0.05) is 11.6 Å². The zero-order valence-corrected chi connectivity index (χ0v) is 8.81. The summed E-state index contributed by atoms with van der Waals surface area (Å²) in [4.78, 5) is 4.28. The van der Waals surface area contributed by atoms with E-state index >= 15 is 0 Å². The van der Waals surface area contributed by atoms with Crippen molar-refractivity contribution in [3.63, 3.8) is 0 Å². The van der Waals surface area contributed by atoms with Crippen LogP contribution in [0, 0.1) is 5.82 Å². The first kappa shape index (κ1) is 9.63. The van der Waals surface area contributed by atoms with Crippen LogP contribution in [0.15, 0.2) is 12.3 Å². The minimum absolute atomic E-state index is 0.0797. The first-order valence-electron chi connectivity index (χ1n) is 5.37. The van der Waals surface area contributed by atoms with Gasteiger partial charge in [0.15, 0.2) is 0 Å². The number of aromatic nitrogens is 1. The van der Waals surface area contributed by atoms with Crippen molar-refractivity contribution in [1.82, 2.24) is 4.98 Å². The van der Waals surface area contributed by atoms with E-state index in [-0.39, 0.29) is 11.2 Å². The van der Waals surface area contributed by atoms with E-state index in [0.717, 1.165) is 31.2 Å². The lowest BCUT2D eigenvalue weighted by Gasteiger charge is -2.12. The molecule has 1 aromatic rings. The van der Waals surface area contributed by atoms with Crippen molar-refractivity contribution >= 4 is 0 Å². The van der Waals surface area contributed by atoms with Gasteiger partial charge in [0.05, 0.1) is 5.69 Å². The third-order valence-corrected chi connectivity index (χ3v) is 3.34. The van der Waals surface area contributed by atoms with Crippen molar-refractivity contribution < 1.29 is 4.39 Å². The molecule has 0 atom stereocenters. The number of hydrogen-bond donors (Lipinski definition) is 0. The van der Waals surface area contributed by atoms with Gasteiger partial charge in [-0.15, -0.1) is 0 Å². The molecule has 0 amide bonds. The molecule has 0 unspecified atom stereocenters. The van der Waals surface area contributed by atoms with Crippen LogP contribution in [0.25, 0.3) is 0 Å². The molecule has 2 rings (SSSR count). The highest BCUT2D eigenvalue weighted by Crippen LogP contribution is 2.50. The number of aryl methyl sites for hydroxylation is 1. The summed E-state index contributed by atoms with van der Waals surface area (Å²) in [6.07, 6.45) is 5.86. The fourth-order valence-corrected chi connectivity index (χ4v) is 1.97. The first-order chi connectivity index (χ1) is 6.72. The second-order valence-electron chi connectivity index (χ2n) is 4.16. The molecule has 14 heavy (non-hydrogen) atoms. The van der Waals surface area contributed by atoms with Crippen LogP contribution in [-0.2, 0) is 11.8 Å². The normalized spacial score (nSPS) is 18.2. The van der Waals surface area contributed by atoms with E-state index in [4.69, 9.17) is 0 Å². The van der Waals surface area contributed by atoms with Crippen LogP contribution in [0.2, 0.25) is 0 Å². The minimum Gasteiger partial charge on any atom is -0.257 e. The van der Waals surface area contributed by atoms with Crippen LogP contribution in [0.5, 0.6) is 0 Å². The minimum atomic E-state index is -0.108. The first-order valence-corrected chi connectivity index (χ1v) is 5.37. The van der Waals surface area contributed by atoms with E-state index in [9.17, 15) is 4.39 Å². The summed E-state index contributed by atoms with van der Waals surface area (Å²) >= 11 is 0. The summed E-state index contributed by atoms with van der Waals surface area (Å²) in [5.74, 6) is -0.108. The lowest BCUT2D eigenvalue weighted by Crippen LogP contribution is -2.10. The molecule has 1 nitrogen and oxygen atoms in total. The zero-order valence-electron chi connectivity index (χ0n) is 8.81. The molecule has 1 aromatic heterocycles. The quantitative estimate of drug-likeness (QED) is 0.718. The fraction of sp³-hybridized carbons (Fsp3) is 0.583. The van der Waals surface area contributed by atoms with Crippen molar-refractivity contribution in [3.8, 4) is 0 Å². The van der Waals surface area contributed by atoms with Gasteiger partial charge in [0.1, 0.15) is 5.82 Å². The number of pyridine rings is 1. The summed E-state index contributed by atoms with van der Waals surface area (Å²) in [5, 5.41) is 0. The Morgan fingerprint density at radius 2 is 2.14 bits per heavy atom. The van der Waals surface area contributed by atoms with Crippen LogP contribution in [0.3, 0.4) is 0 Å². The third kappa shape index (κ3) is 1.43. The Bertz CT molecular complexity index is 342. The van der Waals surface area contributed by atoms with Crippen molar-refractivity contribution in [2.75, 3.05) is 0 Å². The van der Waals surface area contributed by atoms with Gasteiger partial charge < -0.3 is 0 Å². The zero-order chi connectivity index (χ0) is 10.2. The van der Waals surface area contributed by atoms with Crippen LogP contribution in [0.4, 0.5) is 4.39 Å². The molecule has 0 N–H and O–H groups in total. The summed E-state index contributed by atoms with van der Waals surface area (Å²) < 4.78 is 13.7. The molecule has 0 saturated heterocycles. The van der Waals surface area contributed by atoms with Gasteiger partial charge >= 0.3 is 0 Å². The molecular formula is C12H16FN. The van der Waals surface area contributed by atoms with Gasteiger partial charge in [-0.05, 0) is 37.3 Å². The molecule has 2 heteroatoms. The second kappa shape index (κ2) is 3.34. The summed E-state index contributed by atoms with van der Waals surface area (Å²) in [7, 11) is 0. The molecule has 1 heterocycles. The fourth-order valence-electron chi connectivity index (χ4n) is 1.97. The van der Waals surface area contributed by atoms with Crippen LogP contribution in [0.1, 0.15) is 44.4 Å². The number of rotatable bonds is 3. The molecule has 1 saturated carbocycles. The Morgan fingerprint density at radius 1 is 1.43 bits per heavy atom. The van der Waals surface area contributed by atoms with Gasteiger partial charge in [0.25, 0.3) is 0 Å². The third-order valence-electron chi connectivity index (χ3n) is 3.34. The average molecular weight is 193 g/mol. The highest BCUT2D eigenvalue weighted by Gasteiger charge is 2.45. The monoisotopic (exact) mass is 193 g/mol. The summed E-state index contributed by atoms with van der Waals surface area (Å²) in [6, 6.07) is 1.64. The van der Waals surface area contributed by atoms with Gasteiger partial charge in [-0.1, -0.05) is 13.8 Å². The molecule has 1 aliphatic rings. The van der Waals surface area contributed by atoms with Gasteiger partial charge in [-0.2, -0.15) is 0 Å². The molecule has 76 valence electrons. The van der Waals surface area contributed by atoms with Crippen molar-refractivity contribution in [1.29, 1.82) is 0 Å². The molecule has 0 aliphatic heterocycles. The van der Waals surface area contributed by atoms with Crippen molar-refractivity contribution in [2.45, 2.75) is 44.9 Å². The lowest BCUT2D eigenvalue weighted by molar-refractivity contribution is 0.540. The Hall–Kier alpha value is -0.920. The van der Waals surface area contributed by atoms with E-state index in [1.807, 2.05) is 13.1 Å². The summed E-state index contributed by atoms with van der Waals surface area (Å²) in [5.41, 5.74) is 1.76. The molecular weight excluding hydrogens is 177 g/mol. The predicted octanol–water partition coefficient (Wildman–Crippen LogP) is 3.22. The van der Waals surface area contributed by atoms with Gasteiger partial charge in [-0.25, -0.2) is 4.39 Å². The van der Waals surface area contributed by atoms with Gasteiger partial charge in [0.2, 0.25) is 0 Å². The van der Waals surface area contributed by atoms with E-state index in [2.05, 4.69) is 11.9 Å². The Labute approximate surface area is 84.4 Å². The number of nitrogens with zero attached hydrogens (tertiary/aromatic N) is 1. The smallest absolute Gasteiger partial charge is 0.145 e. The topological polar surface area (TPSA) is 12.9 Å². The average Bonchev–Trinajstić information content (AvgIpc) is 2.98. The standard InChI is InChI=1S/C12H16FN/c1-3-9-7-10(13)11(14-8-9)12(4-2)5-6-12/h7-8H,3-6H2,1-2H3. The van der Waals surface area contributed by atoms with E-state index < -0.39 is 0 Å². The molecule has 0 bridgehead atoms. The van der Waals surface area contributed by atoms with Crippen LogP contribution < -0.4 is 0 Å². The van der Waals surface area contributed by atoms with Crippen LogP contribution >= 0.6 is 0 Å². The Morgan fingerprint density at radius 3 is 2.57 bits per heavy atom. The molecule has 0 aromatic carbocycles. The number of hydrogen-bond acceptors (Lipinski definition) is 1. The molecule has 0 radical (unpaired) electrons. The lowest BCUT2D eigenvalue weighted by atomic mass is 9.97. The van der Waals surface area contributed by atoms with E-state index in [1.165, 1.54) is 0 Å². The largest absolute Gasteiger partial charge is 0.257 e. The van der Waals surface area contributed by atoms with E-state index in [0.29, 0.717) is 5.69 Å². The Kier molecular flexibility index (Phi) is 2.30. The predicted molar refractivity (Wildman–Crippen MR) is 54.8 cm³/mol. The summed E-state index contributed by atoms with van der Waals surface area (Å²) in [6.45, 7) is 4.13. The van der Waals surface area contributed by atoms with Crippen LogP contribution in [-0.4, -0.2) is 4.98 Å². The van der Waals surface area contributed by atoms with E-state index in [1.54, 1.807) is 6.07 Å². The Balaban J connectivity index is 2.36. The number of halogens is 1. The molecule has 0 spiro atoms. The SMILES string of the molecule is CCc1cnc(C2(CC)CC2)c(F)c1. The highest BCUT2D eigenvalue weighted by molar-refractivity contribution is 5.28. The maximum absolute atomic E-state index is 13.7. The van der Waals surface area contributed by atoms with Crippen molar-refractivity contribution in [2.24, 2.45) is 0 Å². The maximum Gasteiger partial charge on any atom is 0.145 e. The second-order valence-corrected chi connectivity index (χ2v) is 4.16. The van der Waals surface area contributed by atoms with Crippen molar-refractivity contribution in [3.05, 3.63) is 29.3 Å². The highest BCUT2D eigenvalue weighted by atomic mass is 19.1. The van der Waals surface area contributed by atoms with Gasteiger partial charge in [-0.3, -0.25) is 4.98 Å².